The van der Waals surface area contributed by atoms with Gasteiger partial charge >= 0.3 is 0 Å². The van der Waals surface area contributed by atoms with E-state index in [1.807, 2.05) is 28.9 Å². The predicted molar refractivity (Wildman–Crippen MR) is 81.6 cm³/mol. The van der Waals surface area contributed by atoms with Gasteiger partial charge in [0.15, 0.2) is 0 Å². The second kappa shape index (κ2) is 6.57. The van der Waals surface area contributed by atoms with Crippen LogP contribution in [-0.2, 0) is 19.3 Å². The summed E-state index contributed by atoms with van der Waals surface area (Å²) >= 11 is 0. The Bertz CT molecular complexity index is 575. The summed E-state index contributed by atoms with van der Waals surface area (Å²) in [4.78, 5) is 0. The fraction of sp³-hybridized carbons (Fsp3) is 0.438. The van der Waals surface area contributed by atoms with Gasteiger partial charge in [-0.3, -0.25) is 0 Å². The van der Waals surface area contributed by atoms with E-state index in [1.165, 1.54) is 11.3 Å². The minimum absolute atomic E-state index is 0.650. The highest BCUT2D eigenvalue weighted by Gasteiger charge is 2.17. The van der Waals surface area contributed by atoms with E-state index >= 15 is 0 Å². The monoisotopic (exact) mass is 273 g/mol. The van der Waals surface area contributed by atoms with Crippen LogP contribution >= 0.6 is 0 Å². The molecule has 0 saturated heterocycles. The van der Waals surface area contributed by atoms with Crippen molar-refractivity contribution in [3.05, 3.63) is 41.2 Å². The molecule has 2 rings (SSSR count). The Hall–Kier alpha value is -1.81. The molecule has 0 aliphatic heterocycles. The van der Waals surface area contributed by atoms with Gasteiger partial charge in [-0.25, -0.2) is 4.68 Å². The lowest BCUT2D eigenvalue weighted by Gasteiger charge is -2.11. The molecule has 108 valence electrons. The molecule has 1 heterocycles. The van der Waals surface area contributed by atoms with E-state index in [0.717, 1.165) is 36.4 Å². The zero-order valence-corrected chi connectivity index (χ0v) is 12.5. The van der Waals surface area contributed by atoms with Crippen molar-refractivity contribution >= 4 is 0 Å². The van der Waals surface area contributed by atoms with E-state index in [4.69, 9.17) is 15.6 Å². The van der Waals surface area contributed by atoms with Crippen LogP contribution in [0, 0.1) is 0 Å². The topological polar surface area (TPSA) is 53.1 Å². The number of methoxy groups -OCH3 is 1. The molecule has 0 fully saturated rings. The molecule has 4 heteroatoms. The van der Waals surface area contributed by atoms with Crippen molar-refractivity contribution in [2.45, 2.75) is 33.1 Å². The SMILES string of the molecule is CCc1nn(-c2ccccc2OC)c(CC)c1CCN. The minimum Gasteiger partial charge on any atom is -0.494 e. The lowest BCUT2D eigenvalue weighted by atomic mass is 10.1. The average molecular weight is 273 g/mol. The maximum Gasteiger partial charge on any atom is 0.144 e. The van der Waals surface area contributed by atoms with Gasteiger partial charge in [0.1, 0.15) is 11.4 Å². The Kier molecular flexibility index (Phi) is 4.79. The molecule has 0 atom stereocenters. The predicted octanol–water partition coefficient (Wildman–Crippen LogP) is 2.51. The number of ether oxygens (including phenoxy) is 1. The van der Waals surface area contributed by atoms with Gasteiger partial charge in [0, 0.05) is 5.69 Å². The molecule has 0 spiro atoms. The van der Waals surface area contributed by atoms with E-state index < -0.39 is 0 Å². The lowest BCUT2D eigenvalue weighted by molar-refractivity contribution is 0.411. The second-order valence-electron chi connectivity index (χ2n) is 4.70. The Labute approximate surface area is 120 Å². The summed E-state index contributed by atoms with van der Waals surface area (Å²) in [7, 11) is 1.69. The van der Waals surface area contributed by atoms with Crippen LogP contribution in [0.1, 0.15) is 30.8 Å². The largest absolute Gasteiger partial charge is 0.494 e. The van der Waals surface area contributed by atoms with Crippen LogP contribution in [0.2, 0.25) is 0 Å². The standard InChI is InChI=1S/C16H23N3O/c1-4-13-12(10-11-17)14(5-2)19(18-13)15-8-6-7-9-16(15)20-3/h6-9H,4-5,10-11,17H2,1-3H3. The van der Waals surface area contributed by atoms with Gasteiger partial charge in [-0.2, -0.15) is 5.10 Å². The second-order valence-corrected chi connectivity index (χ2v) is 4.70. The van der Waals surface area contributed by atoms with Gasteiger partial charge < -0.3 is 10.5 Å². The number of nitrogens with two attached hydrogens (primary N) is 1. The number of rotatable bonds is 6. The van der Waals surface area contributed by atoms with Crippen molar-refractivity contribution in [1.29, 1.82) is 0 Å². The van der Waals surface area contributed by atoms with Crippen molar-refractivity contribution in [3.8, 4) is 11.4 Å². The first kappa shape index (κ1) is 14.6. The number of nitrogens with zero attached hydrogens (tertiary/aromatic N) is 2. The molecule has 0 radical (unpaired) electrons. The van der Waals surface area contributed by atoms with Gasteiger partial charge in [0.05, 0.1) is 12.8 Å². The van der Waals surface area contributed by atoms with E-state index in [2.05, 4.69) is 13.8 Å². The summed E-state index contributed by atoms with van der Waals surface area (Å²) in [5.74, 6) is 0.839. The van der Waals surface area contributed by atoms with Gasteiger partial charge in [0.25, 0.3) is 0 Å². The molecular formula is C16H23N3O. The smallest absolute Gasteiger partial charge is 0.144 e. The van der Waals surface area contributed by atoms with Gasteiger partial charge in [0.2, 0.25) is 0 Å². The van der Waals surface area contributed by atoms with Crippen molar-refractivity contribution in [2.75, 3.05) is 13.7 Å². The quantitative estimate of drug-likeness (QED) is 0.880. The zero-order chi connectivity index (χ0) is 14.5. The molecule has 0 saturated carbocycles. The third-order valence-corrected chi connectivity index (χ3v) is 3.55. The molecule has 0 unspecified atom stereocenters. The molecule has 4 nitrogen and oxygen atoms in total. The molecular weight excluding hydrogens is 250 g/mol. The summed E-state index contributed by atoms with van der Waals surface area (Å²) in [6.45, 7) is 4.94. The Morgan fingerprint density at radius 1 is 1.20 bits per heavy atom. The van der Waals surface area contributed by atoms with Crippen molar-refractivity contribution in [1.82, 2.24) is 9.78 Å². The number of hydrogen-bond acceptors (Lipinski definition) is 3. The third-order valence-electron chi connectivity index (χ3n) is 3.55. The molecule has 20 heavy (non-hydrogen) atoms. The van der Waals surface area contributed by atoms with Crippen LogP contribution in [0.3, 0.4) is 0 Å². The molecule has 0 aliphatic rings. The third kappa shape index (κ3) is 2.56. The van der Waals surface area contributed by atoms with Crippen molar-refractivity contribution < 1.29 is 4.74 Å². The Morgan fingerprint density at radius 2 is 1.95 bits per heavy atom. The van der Waals surface area contributed by atoms with E-state index in [1.54, 1.807) is 7.11 Å². The number of aryl methyl sites for hydroxylation is 1. The summed E-state index contributed by atoms with van der Waals surface area (Å²) in [5.41, 5.74) is 10.4. The first-order valence-corrected chi connectivity index (χ1v) is 7.19. The Morgan fingerprint density at radius 3 is 2.55 bits per heavy atom. The zero-order valence-electron chi connectivity index (χ0n) is 12.5. The van der Waals surface area contributed by atoms with Gasteiger partial charge in [-0.15, -0.1) is 0 Å². The number of benzene rings is 1. The minimum atomic E-state index is 0.650. The maximum atomic E-state index is 5.75. The highest BCUT2D eigenvalue weighted by atomic mass is 16.5. The summed E-state index contributed by atoms with van der Waals surface area (Å²) in [6, 6.07) is 7.98. The van der Waals surface area contributed by atoms with E-state index in [-0.39, 0.29) is 0 Å². The van der Waals surface area contributed by atoms with Gasteiger partial charge in [-0.05, 0) is 43.5 Å². The molecule has 0 bridgehead atoms. The average Bonchev–Trinajstić information content (AvgIpc) is 2.85. The summed E-state index contributed by atoms with van der Waals surface area (Å²) in [5, 5.41) is 4.78. The number of hydrogen-bond donors (Lipinski definition) is 1. The Balaban J connectivity index is 2.61. The number of aromatic nitrogens is 2. The molecule has 2 N–H and O–H groups in total. The fourth-order valence-electron chi connectivity index (χ4n) is 2.62. The van der Waals surface area contributed by atoms with Crippen LogP contribution in [0.4, 0.5) is 0 Å². The first-order valence-electron chi connectivity index (χ1n) is 7.19. The maximum absolute atomic E-state index is 5.75. The van der Waals surface area contributed by atoms with Crippen molar-refractivity contribution in [3.63, 3.8) is 0 Å². The van der Waals surface area contributed by atoms with Gasteiger partial charge in [-0.1, -0.05) is 26.0 Å². The first-order chi connectivity index (χ1) is 9.76. The van der Waals surface area contributed by atoms with Crippen LogP contribution in [-0.4, -0.2) is 23.4 Å². The van der Waals surface area contributed by atoms with Crippen LogP contribution < -0.4 is 10.5 Å². The highest BCUT2D eigenvalue weighted by molar-refractivity contribution is 5.48. The fourth-order valence-corrected chi connectivity index (χ4v) is 2.62. The molecule has 1 aromatic heterocycles. The lowest BCUT2D eigenvalue weighted by Crippen LogP contribution is -2.08. The summed E-state index contributed by atoms with van der Waals surface area (Å²) < 4.78 is 7.47. The normalized spacial score (nSPS) is 10.8. The van der Waals surface area contributed by atoms with E-state index in [9.17, 15) is 0 Å². The van der Waals surface area contributed by atoms with Crippen LogP contribution in [0.25, 0.3) is 5.69 Å². The molecule has 2 aromatic rings. The molecule has 0 amide bonds. The van der Waals surface area contributed by atoms with Crippen LogP contribution in [0.15, 0.2) is 24.3 Å². The highest BCUT2D eigenvalue weighted by Crippen LogP contribution is 2.26. The molecule has 1 aromatic carbocycles. The summed E-state index contributed by atoms with van der Waals surface area (Å²) in [6.07, 6.45) is 2.73. The van der Waals surface area contributed by atoms with E-state index in [0.29, 0.717) is 6.54 Å². The molecule has 0 aliphatic carbocycles. The van der Waals surface area contributed by atoms with Crippen molar-refractivity contribution in [2.24, 2.45) is 5.73 Å². The van der Waals surface area contributed by atoms with Crippen LogP contribution in [0.5, 0.6) is 5.75 Å². The number of para-hydroxylation sites is 2.